The average molecular weight is 374 g/mol. The number of fused-ring (bicyclic) bond motifs is 1. The fourth-order valence-electron chi connectivity index (χ4n) is 3.02. The zero-order chi connectivity index (χ0) is 18.6. The first kappa shape index (κ1) is 17.3. The Labute approximate surface area is 162 Å². The Kier molecular flexibility index (Phi) is 4.86. The van der Waals surface area contributed by atoms with Crippen LogP contribution in [0.2, 0.25) is 5.02 Å². The zero-order valence-electron chi connectivity index (χ0n) is 14.4. The van der Waals surface area contributed by atoms with Gasteiger partial charge in [0.2, 0.25) is 0 Å². The molecule has 3 nitrogen and oxygen atoms in total. The van der Waals surface area contributed by atoms with Crippen LogP contribution >= 0.6 is 11.6 Å². The third-order valence-electron chi connectivity index (χ3n) is 4.36. The highest BCUT2D eigenvalue weighted by atomic mass is 35.5. The number of pyridine rings is 1. The monoisotopic (exact) mass is 373 g/mol. The molecule has 0 saturated heterocycles. The van der Waals surface area contributed by atoms with E-state index >= 15 is 0 Å². The lowest BCUT2D eigenvalue weighted by Crippen LogP contribution is -2.14. The van der Waals surface area contributed by atoms with Gasteiger partial charge in [0.05, 0.1) is 11.3 Å². The van der Waals surface area contributed by atoms with Gasteiger partial charge < -0.3 is 4.74 Å². The first-order valence-electron chi connectivity index (χ1n) is 8.57. The number of hydrogen-bond donors (Lipinski definition) is 0. The van der Waals surface area contributed by atoms with Crippen molar-refractivity contribution in [2.24, 2.45) is 0 Å². The lowest BCUT2D eigenvalue weighted by Gasteiger charge is -2.19. The van der Waals surface area contributed by atoms with Crippen molar-refractivity contribution in [1.29, 1.82) is 0 Å². The summed E-state index contributed by atoms with van der Waals surface area (Å²) >= 11 is 5.92. The van der Waals surface area contributed by atoms with Gasteiger partial charge in [0.1, 0.15) is 0 Å². The van der Waals surface area contributed by atoms with Crippen molar-refractivity contribution >= 4 is 28.3 Å². The lowest BCUT2D eigenvalue weighted by molar-refractivity contribution is 0.0373. The highest BCUT2D eigenvalue weighted by Gasteiger charge is 2.23. The van der Waals surface area contributed by atoms with E-state index in [2.05, 4.69) is 4.98 Å². The summed E-state index contributed by atoms with van der Waals surface area (Å²) in [7, 11) is 0. The van der Waals surface area contributed by atoms with Crippen molar-refractivity contribution in [2.45, 2.75) is 6.10 Å². The molecule has 0 fully saturated rings. The minimum atomic E-state index is -0.611. The second kappa shape index (κ2) is 7.60. The maximum Gasteiger partial charge on any atom is 0.339 e. The standard InChI is InChI=1S/C23H16ClNO2/c24-19-12-10-18(11-13-19)23(26)27-22(17-7-2-1-3-8-17)21-20-9-5-4-6-16(20)14-15-25-21/h1-15,22H/t22-/m1/s1. The number of ether oxygens (including phenoxy) is 1. The summed E-state index contributed by atoms with van der Waals surface area (Å²) in [4.78, 5) is 17.3. The number of aromatic nitrogens is 1. The number of carbonyl (C=O) groups excluding carboxylic acids is 1. The molecule has 0 saturated carbocycles. The SMILES string of the molecule is O=C(O[C@H](c1ccccc1)c1nccc2ccccc12)c1ccc(Cl)cc1. The second-order valence-corrected chi connectivity index (χ2v) is 6.56. The number of rotatable bonds is 4. The molecule has 27 heavy (non-hydrogen) atoms. The van der Waals surface area contributed by atoms with Crippen molar-refractivity contribution in [3.05, 3.63) is 113 Å². The molecule has 0 amide bonds. The van der Waals surface area contributed by atoms with E-state index in [4.69, 9.17) is 16.3 Å². The Balaban J connectivity index is 1.78. The fraction of sp³-hybridized carbons (Fsp3) is 0.0435. The Bertz CT molecular complexity index is 1070. The minimum Gasteiger partial charge on any atom is -0.447 e. The van der Waals surface area contributed by atoms with Gasteiger partial charge in [-0.2, -0.15) is 0 Å². The molecule has 0 spiro atoms. The Hall–Kier alpha value is -3.17. The van der Waals surface area contributed by atoms with Gasteiger partial charge in [0, 0.05) is 16.6 Å². The predicted octanol–water partition coefficient (Wildman–Crippen LogP) is 5.83. The lowest BCUT2D eigenvalue weighted by atomic mass is 10.0. The summed E-state index contributed by atoms with van der Waals surface area (Å²) < 4.78 is 5.91. The van der Waals surface area contributed by atoms with E-state index in [1.54, 1.807) is 30.5 Å². The van der Waals surface area contributed by atoms with Crippen molar-refractivity contribution in [3.63, 3.8) is 0 Å². The summed E-state index contributed by atoms with van der Waals surface area (Å²) in [5.74, 6) is -0.421. The van der Waals surface area contributed by atoms with Crippen LogP contribution in [0.3, 0.4) is 0 Å². The quantitative estimate of drug-likeness (QED) is 0.422. The Morgan fingerprint density at radius 2 is 1.56 bits per heavy atom. The van der Waals surface area contributed by atoms with Crippen molar-refractivity contribution in [3.8, 4) is 0 Å². The summed E-state index contributed by atoms with van der Waals surface area (Å²) in [5.41, 5.74) is 2.02. The van der Waals surface area contributed by atoms with Crippen molar-refractivity contribution < 1.29 is 9.53 Å². The number of hydrogen-bond acceptors (Lipinski definition) is 3. The summed E-state index contributed by atoms with van der Waals surface area (Å²) in [5, 5.41) is 2.57. The molecule has 1 heterocycles. The molecular weight excluding hydrogens is 358 g/mol. The second-order valence-electron chi connectivity index (χ2n) is 6.12. The number of benzene rings is 3. The Morgan fingerprint density at radius 1 is 0.852 bits per heavy atom. The minimum absolute atomic E-state index is 0.421. The van der Waals surface area contributed by atoms with Gasteiger partial charge in [-0.05, 0) is 41.3 Å². The maximum absolute atomic E-state index is 12.8. The normalized spacial score (nSPS) is 11.9. The van der Waals surface area contributed by atoms with Crippen LogP contribution in [0.15, 0.2) is 91.1 Å². The largest absolute Gasteiger partial charge is 0.447 e. The van der Waals surface area contributed by atoms with Gasteiger partial charge in [-0.1, -0.05) is 66.2 Å². The van der Waals surface area contributed by atoms with Crippen LogP contribution in [0.25, 0.3) is 10.8 Å². The van der Waals surface area contributed by atoms with E-state index in [9.17, 15) is 4.79 Å². The maximum atomic E-state index is 12.8. The first-order valence-corrected chi connectivity index (χ1v) is 8.95. The molecule has 0 N–H and O–H groups in total. The molecule has 0 unspecified atom stereocenters. The predicted molar refractivity (Wildman–Crippen MR) is 107 cm³/mol. The van der Waals surface area contributed by atoms with Crippen LogP contribution < -0.4 is 0 Å². The molecule has 132 valence electrons. The number of halogens is 1. The number of nitrogens with zero attached hydrogens (tertiary/aromatic N) is 1. The van der Waals surface area contributed by atoms with Crippen LogP contribution in [0.5, 0.6) is 0 Å². The molecule has 0 aliphatic rings. The molecule has 4 aromatic rings. The van der Waals surface area contributed by atoms with Gasteiger partial charge in [-0.15, -0.1) is 0 Å². The van der Waals surface area contributed by atoms with Crippen LogP contribution in [-0.4, -0.2) is 11.0 Å². The van der Waals surface area contributed by atoms with E-state index in [1.807, 2.05) is 60.7 Å². The fourth-order valence-corrected chi connectivity index (χ4v) is 3.15. The summed E-state index contributed by atoms with van der Waals surface area (Å²) in [6.45, 7) is 0. The van der Waals surface area contributed by atoms with Crippen LogP contribution in [0, 0.1) is 0 Å². The van der Waals surface area contributed by atoms with Crippen molar-refractivity contribution in [1.82, 2.24) is 4.98 Å². The first-order chi connectivity index (χ1) is 13.2. The Morgan fingerprint density at radius 3 is 2.33 bits per heavy atom. The summed E-state index contributed by atoms with van der Waals surface area (Å²) in [6, 6.07) is 26.2. The zero-order valence-corrected chi connectivity index (χ0v) is 15.1. The smallest absolute Gasteiger partial charge is 0.339 e. The number of carbonyl (C=O) groups is 1. The van der Waals surface area contributed by atoms with Crippen LogP contribution in [-0.2, 0) is 4.74 Å². The average Bonchev–Trinajstić information content (AvgIpc) is 2.73. The number of esters is 1. The van der Waals surface area contributed by atoms with Crippen molar-refractivity contribution in [2.75, 3.05) is 0 Å². The van der Waals surface area contributed by atoms with Crippen LogP contribution in [0.4, 0.5) is 0 Å². The molecule has 0 bridgehead atoms. The van der Waals surface area contributed by atoms with Gasteiger partial charge in [0.15, 0.2) is 6.10 Å². The summed E-state index contributed by atoms with van der Waals surface area (Å²) in [6.07, 6.45) is 1.13. The molecular formula is C23H16ClNO2. The van der Waals surface area contributed by atoms with E-state index in [1.165, 1.54) is 0 Å². The van der Waals surface area contributed by atoms with Gasteiger partial charge in [-0.25, -0.2) is 4.79 Å². The molecule has 0 aliphatic carbocycles. The molecule has 4 heteroatoms. The van der Waals surface area contributed by atoms with E-state index in [0.717, 1.165) is 16.3 Å². The molecule has 1 atom stereocenters. The molecule has 3 aromatic carbocycles. The van der Waals surface area contributed by atoms with Gasteiger partial charge in [-0.3, -0.25) is 4.98 Å². The topological polar surface area (TPSA) is 39.2 Å². The highest BCUT2D eigenvalue weighted by Crippen LogP contribution is 2.31. The third-order valence-corrected chi connectivity index (χ3v) is 4.61. The van der Waals surface area contributed by atoms with E-state index < -0.39 is 12.1 Å². The van der Waals surface area contributed by atoms with Crippen LogP contribution in [0.1, 0.15) is 27.7 Å². The van der Waals surface area contributed by atoms with E-state index in [0.29, 0.717) is 16.3 Å². The molecule has 0 aliphatic heterocycles. The molecule has 4 rings (SSSR count). The third kappa shape index (κ3) is 3.69. The van der Waals surface area contributed by atoms with Gasteiger partial charge in [0.25, 0.3) is 0 Å². The highest BCUT2D eigenvalue weighted by molar-refractivity contribution is 6.30. The molecule has 1 aromatic heterocycles. The van der Waals surface area contributed by atoms with Gasteiger partial charge >= 0.3 is 5.97 Å². The van der Waals surface area contributed by atoms with E-state index in [-0.39, 0.29) is 0 Å². The molecule has 0 radical (unpaired) electrons.